The number of carbonyl (C=O) groups excluding carboxylic acids is 2. The number of aliphatic hydroxyl groups is 1. The third-order valence-corrected chi connectivity index (χ3v) is 8.32. The number of benzene rings is 1. The number of likely N-dealkylation sites (tertiary alicyclic amines) is 1. The Balaban J connectivity index is 0.000000408. The first-order chi connectivity index (χ1) is 19.2. The van der Waals surface area contributed by atoms with E-state index in [1.165, 1.54) is 23.0 Å². The summed E-state index contributed by atoms with van der Waals surface area (Å²) in [5.74, 6) is -3.34. The average Bonchev–Trinajstić information content (AvgIpc) is 3.49. The summed E-state index contributed by atoms with van der Waals surface area (Å²) in [4.78, 5) is 23.9. The molecule has 1 aromatic carbocycles. The number of rotatable bonds is 7. The maximum absolute atomic E-state index is 13.4. The van der Waals surface area contributed by atoms with Crippen molar-refractivity contribution < 1.29 is 42.9 Å². The van der Waals surface area contributed by atoms with E-state index in [9.17, 15) is 37.8 Å². The Morgan fingerprint density at radius 3 is 2.29 bits per heavy atom. The SMILES string of the molecule is Cc1[nH]ncc1C(C(=O)NC1CCC(F)(F)CC1)N(C)c1ccc(S(F)(F)(F)(F)F)cc1.N#CN1CC(O)CC1C=O. The first-order valence-corrected chi connectivity index (χ1v) is 14.7. The number of carbonyl (C=O) groups is 2. The Kier molecular flexibility index (Phi) is 8.86. The van der Waals surface area contributed by atoms with Crippen molar-refractivity contribution in [3.8, 4) is 6.19 Å². The van der Waals surface area contributed by atoms with Crippen LogP contribution in [0.1, 0.15) is 49.4 Å². The smallest absolute Gasteiger partial charge is 0.310 e. The average molecular weight is 629 g/mol. The van der Waals surface area contributed by atoms with Gasteiger partial charge in [0.2, 0.25) is 11.8 Å². The molecule has 2 aliphatic rings. The van der Waals surface area contributed by atoms with Crippen LogP contribution in [0.3, 0.4) is 0 Å². The lowest BCUT2D eigenvalue weighted by atomic mass is 9.92. The van der Waals surface area contributed by atoms with Crippen molar-refractivity contribution in [3.63, 3.8) is 0 Å². The molecule has 2 fully saturated rings. The highest BCUT2D eigenvalue weighted by molar-refractivity contribution is 8.45. The number of aliphatic hydroxyl groups excluding tert-OH is 1. The van der Waals surface area contributed by atoms with Crippen LogP contribution in [0.2, 0.25) is 0 Å². The minimum Gasteiger partial charge on any atom is -0.391 e. The van der Waals surface area contributed by atoms with Crippen molar-refractivity contribution in [2.45, 2.75) is 74.1 Å². The summed E-state index contributed by atoms with van der Waals surface area (Å²) >= 11 is 0. The van der Waals surface area contributed by atoms with Crippen molar-refractivity contribution >= 4 is 28.1 Å². The van der Waals surface area contributed by atoms with E-state index in [-0.39, 0.29) is 43.5 Å². The van der Waals surface area contributed by atoms with Gasteiger partial charge in [0.1, 0.15) is 17.2 Å². The lowest BCUT2D eigenvalue weighted by Gasteiger charge is -2.40. The fourth-order valence-corrected chi connectivity index (χ4v) is 5.45. The number of aromatic amines is 1. The van der Waals surface area contributed by atoms with E-state index in [2.05, 4.69) is 15.5 Å². The van der Waals surface area contributed by atoms with Gasteiger partial charge in [0, 0.05) is 49.3 Å². The minimum absolute atomic E-state index is 0.0755. The summed E-state index contributed by atoms with van der Waals surface area (Å²) in [5, 5.41) is 26.6. The summed E-state index contributed by atoms with van der Waals surface area (Å²) in [6.07, 6.45) is 3.21. The van der Waals surface area contributed by atoms with Gasteiger partial charge < -0.3 is 20.1 Å². The molecule has 1 aromatic heterocycles. The van der Waals surface area contributed by atoms with Gasteiger partial charge in [0.05, 0.1) is 24.9 Å². The van der Waals surface area contributed by atoms with Gasteiger partial charge in [-0.2, -0.15) is 10.4 Å². The van der Waals surface area contributed by atoms with Crippen molar-refractivity contribution in [1.82, 2.24) is 20.4 Å². The molecule has 0 radical (unpaired) electrons. The molecular formula is C25H31F7N6O3S. The number of amides is 1. The molecule has 1 saturated heterocycles. The number of alkyl halides is 2. The quantitative estimate of drug-likeness (QED) is 0.215. The van der Waals surface area contributed by atoms with Crippen LogP contribution in [0, 0.1) is 18.4 Å². The molecule has 17 heteroatoms. The largest absolute Gasteiger partial charge is 0.391 e. The van der Waals surface area contributed by atoms with Crippen LogP contribution in [0.15, 0.2) is 35.4 Å². The van der Waals surface area contributed by atoms with E-state index in [4.69, 9.17) is 10.4 Å². The van der Waals surface area contributed by atoms with E-state index < -0.39 is 51.2 Å². The standard InChI is InChI=1S/C19H23F7N4OS.C6H8N2O2/c1-12-16(11-27-29-12)17(18(31)28-13-7-9-19(20,21)10-8-13)30(2)14-3-5-15(6-4-14)32(22,23,24,25)26;7-4-8-2-6(10)1-5(8)3-9/h3-6,11,13,17H,7-10H2,1-2H3,(H,27,29)(H,28,31);3,5-6,10H,1-2H2. The maximum atomic E-state index is 13.4. The van der Waals surface area contributed by atoms with Gasteiger partial charge in [-0.05, 0) is 44.0 Å². The lowest BCUT2D eigenvalue weighted by molar-refractivity contribution is -0.124. The van der Waals surface area contributed by atoms with Crippen molar-refractivity contribution in [2.75, 3.05) is 18.5 Å². The molecule has 0 spiro atoms. The normalized spacial score (nSPS) is 22.9. The molecule has 3 N–H and O–H groups in total. The molecule has 3 atom stereocenters. The number of nitrogens with zero attached hydrogens (tertiary/aromatic N) is 4. The summed E-state index contributed by atoms with van der Waals surface area (Å²) in [6, 6.07) is 0.276. The number of aromatic nitrogens is 2. The Morgan fingerprint density at radius 1 is 1.24 bits per heavy atom. The predicted octanol–water partition coefficient (Wildman–Crippen LogP) is 5.35. The zero-order chi connectivity index (χ0) is 31.6. The highest BCUT2D eigenvalue weighted by atomic mass is 32.5. The molecule has 3 unspecified atom stereocenters. The monoisotopic (exact) mass is 628 g/mol. The summed E-state index contributed by atoms with van der Waals surface area (Å²) in [7, 11) is -8.41. The Bertz CT molecular complexity index is 1310. The number of hydrogen-bond acceptors (Lipinski definition) is 7. The first-order valence-electron chi connectivity index (χ1n) is 12.8. The Hall–Kier alpha value is -3.52. The summed E-state index contributed by atoms with van der Waals surface area (Å²) < 4.78 is 91.9. The number of nitrogens with one attached hydrogen (secondary N) is 2. The third-order valence-electron chi connectivity index (χ3n) is 7.16. The number of anilines is 1. The molecule has 2 heterocycles. The molecule has 9 nitrogen and oxygen atoms in total. The lowest BCUT2D eigenvalue weighted by Crippen LogP contribution is -2.46. The van der Waals surface area contributed by atoms with Crippen LogP contribution in [-0.2, 0) is 9.59 Å². The van der Waals surface area contributed by atoms with Gasteiger partial charge in [0.25, 0.3) is 0 Å². The van der Waals surface area contributed by atoms with Gasteiger partial charge in [-0.3, -0.25) is 14.8 Å². The number of aldehydes is 1. The van der Waals surface area contributed by atoms with Crippen LogP contribution in [0.25, 0.3) is 0 Å². The molecule has 1 amide bonds. The first kappa shape index (κ1) is 33.0. The van der Waals surface area contributed by atoms with E-state index in [1.54, 1.807) is 6.92 Å². The second-order valence-corrected chi connectivity index (χ2v) is 12.8. The zero-order valence-corrected chi connectivity index (χ0v) is 23.4. The molecule has 42 heavy (non-hydrogen) atoms. The highest BCUT2D eigenvalue weighted by Gasteiger charge is 2.65. The van der Waals surface area contributed by atoms with Crippen LogP contribution in [0.5, 0.6) is 0 Å². The number of nitriles is 1. The topological polar surface area (TPSA) is 125 Å². The van der Waals surface area contributed by atoms with E-state index in [0.29, 0.717) is 30.5 Å². The van der Waals surface area contributed by atoms with Crippen LogP contribution in [0.4, 0.5) is 33.9 Å². The van der Waals surface area contributed by atoms with Crippen LogP contribution in [-0.4, -0.2) is 70.1 Å². The Labute approximate surface area is 237 Å². The van der Waals surface area contributed by atoms with Gasteiger partial charge in [-0.15, -0.1) is 0 Å². The molecule has 1 aliphatic carbocycles. The Morgan fingerprint density at radius 2 is 1.83 bits per heavy atom. The number of hydrogen-bond donors (Lipinski definition) is 3. The second-order valence-electron chi connectivity index (χ2n) is 10.4. The number of halogens is 7. The van der Waals surface area contributed by atoms with Gasteiger partial charge in [0.15, 0.2) is 6.19 Å². The van der Waals surface area contributed by atoms with Crippen molar-refractivity contribution in [3.05, 3.63) is 41.7 Å². The van der Waals surface area contributed by atoms with Crippen LogP contribution >= 0.6 is 10.2 Å². The number of aryl methyl sites for hydroxylation is 1. The number of H-pyrrole nitrogens is 1. The fourth-order valence-electron chi connectivity index (χ4n) is 4.80. The van der Waals surface area contributed by atoms with Crippen LogP contribution < -0.4 is 10.2 Å². The molecule has 4 rings (SSSR count). The van der Waals surface area contributed by atoms with E-state index >= 15 is 0 Å². The number of β-amino-alcohol motifs (C(OH)–C–C–N with tert-alkyl or cyclic N) is 1. The van der Waals surface area contributed by atoms with Crippen molar-refractivity contribution in [2.24, 2.45) is 0 Å². The summed E-state index contributed by atoms with van der Waals surface area (Å²) in [6.45, 7) is 1.93. The molecule has 1 saturated carbocycles. The minimum atomic E-state index is -9.83. The van der Waals surface area contributed by atoms with Gasteiger partial charge >= 0.3 is 10.2 Å². The maximum Gasteiger partial charge on any atom is 0.310 e. The van der Waals surface area contributed by atoms with Crippen molar-refractivity contribution in [1.29, 1.82) is 5.26 Å². The molecular weight excluding hydrogens is 597 g/mol. The molecule has 1 aliphatic heterocycles. The molecule has 234 valence electrons. The highest BCUT2D eigenvalue weighted by Crippen LogP contribution is 3.02. The third kappa shape index (κ3) is 8.28. The zero-order valence-electron chi connectivity index (χ0n) is 22.6. The van der Waals surface area contributed by atoms with Gasteiger partial charge in [-0.25, -0.2) is 8.78 Å². The molecule has 0 bridgehead atoms. The van der Waals surface area contributed by atoms with E-state index in [0.717, 1.165) is 12.1 Å². The number of likely N-dealkylation sites (N-methyl/N-ethyl adjacent to an activating group) is 1. The predicted molar refractivity (Wildman–Crippen MR) is 140 cm³/mol. The molecule has 2 aromatic rings. The fraction of sp³-hybridized carbons (Fsp3) is 0.520. The van der Waals surface area contributed by atoms with Gasteiger partial charge in [-0.1, -0.05) is 19.4 Å². The van der Waals surface area contributed by atoms with E-state index in [1.807, 2.05) is 6.19 Å². The summed E-state index contributed by atoms with van der Waals surface area (Å²) in [5.41, 5.74) is 0.991. The second kappa shape index (κ2) is 11.3.